The number of hydrogen-bond donors (Lipinski definition) is 1. The highest BCUT2D eigenvalue weighted by atomic mass is 32.1. The molecule has 126 valence electrons. The summed E-state index contributed by atoms with van der Waals surface area (Å²) in [5.74, 6) is 0.145. The average Bonchev–Trinajstić information content (AvgIpc) is 3.05. The van der Waals surface area contributed by atoms with Gasteiger partial charge in [-0.3, -0.25) is 9.59 Å². The van der Waals surface area contributed by atoms with Crippen LogP contribution in [0.15, 0.2) is 10.9 Å². The molecule has 0 bridgehead atoms. The summed E-state index contributed by atoms with van der Waals surface area (Å²) in [7, 11) is 0. The SMILES string of the molecule is C[C@H](O)CN1CC2(CCC1=O)CCN(C(=O)c1cscn1)CC2. The molecule has 0 radical (unpaired) electrons. The number of thiazole rings is 1. The first-order valence-electron chi connectivity index (χ1n) is 8.12. The molecule has 1 aromatic rings. The molecule has 2 saturated heterocycles. The Bertz CT molecular complexity index is 565. The van der Waals surface area contributed by atoms with Crippen LogP contribution in [0.1, 0.15) is 43.1 Å². The van der Waals surface area contributed by atoms with Gasteiger partial charge < -0.3 is 14.9 Å². The van der Waals surface area contributed by atoms with E-state index >= 15 is 0 Å². The number of aromatic nitrogens is 1. The van der Waals surface area contributed by atoms with Crippen LogP contribution in [0.5, 0.6) is 0 Å². The van der Waals surface area contributed by atoms with E-state index < -0.39 is 6.10 Å². The van der Waals surface area contributed by atoms with E-state index in [0.29, 0.717) is 38.3 Å². The van der Waals surface area contributed by atoms with Crippen molar-refractivity contribution < 1.29 is 14.7 Å². The van der Waals surface area contributed by atoms with E-state index in [9.17, 15) is 14.7 Å². The van der Waals surface area contributed by atoms with Gasteiger partial charge in [-0.15, -0.1) is 11.3 Å². The number of rotatable bonds is 3. The van der Waals surface area contributed by atoms with Crippen molar-refractivity contribution in [3.8, 4) is 0 Å². The second-order valence-electron chi connectivity index (χ2n) is 6.79. The largest absolute Gasteiger partial charge is 0.392 e. The van der Waals surface area contributed by atoms with Crippen LogP contribution in [0.25, 0.3) is 0 Å². The lowest BCUT2D eigenvalue weighted by Gasteiger charge is -2.47. The van der Waals surface area contributed by atoms with E-state index in [0.717, 1.165) is 19.3 Å². The van der Waals surface area contributed by atoms with Crippen LogP contribution >= 0.6 is 11.3 Å². The lowest BCUT2D eigenvalue weighted by atomic mass is 9.72. The molecular weight excluding hydrogens is 314 g/mol. The summed E-state index contributed by atoms with van der Waals surface area (Å²) < 4.78 is 0. The molecule has 1 N–H and O–H groups in total. The van der Waals surface area contributed by atoms with Crippen LogP contribution in [0.4, 0.5) is 0 Å². The van der Waals surface area contributed by atoms with Crippen LogP contribution in [0.3, 0.4) is 0 Å². The minimum atomic E-state index is -0.500. The Hall–Kier alpha value is -1.47. The number of amides is 2. The number of likely N-dealkylation sites (tertiary alicyclic amines) is 2. The molecule has 0 aromatic carbocycles. The summed E-state index contributed by atoms with van der Waals surface area (Å²) >= 11 is 1.43. The predicted molar refractivity (Wildman–Crippen MR) is 87.2 cm³/mol. The molecule has 2 amide bonds. The summed E-state index contributed by atoms with van der Waals surface area (Å²) in [5.41, 5.74) is 2.31. The highest BCUT2D eigenvalue weighted by Crippen LogP contribution is 2.40. The molecule has 6 nitrogen and oxygen atoms in total. The van der Waals surface area contributed by atoms with E-state index in [-0.39, 0.29) is 17.2 Å². The van der Waals surface area contributed by atoms with E-state index in [1.54, 1.807) is 22.7 Å². The fourth-order valence-electron chi connectivity index (χ4n) is 3.66. The molecular formula is C16H23N3O3S. The third-order valence-corrected chi connectivity index (χ3v) is 5.58. The zero-order valence-corrected chi connectivity index (χ0v) is 14.2. The van der Waals surface area contributed by atoms with Gasteiger partial charge in [0.1, 0.15) is 5.69 Å². The lowest BCUT2D eigenvalue weighted by Crippen LogP contribution is -2.53. The normalized spacial score (nSPS) is 22.4. The monoisotopic (exact) mass is 337 g/mol. The van der Waals surface area contributed by atoms with Gasteiger partial charge >= 0.3 is 0 Å². The van der Waals surface area contributed by atoms with Gasteiger partial charge in [-0.2, -0.15) is 0 Å². The Kier molecular flexibility index (Phi) is 4.68. The lowest BCUT2D eigenvalue weighted by molar-refractivity contribution is -0.140. The quantitative estimate of drug-likeness (QED) is 0.904. The number of hydrogen-bond acceptors (Lipinski definition) is 5. The van der Waals surface area contributed by atoms with Crippen molar-refractivity contribution in [2.45, 2.75) is 38.7 Å². The Morgan fingerprint density at radius 2 is 2.17 bits per heavy atom. The fourth-order valence-corrected chi connectivity index (χ4v) is 4.19. The van der Waals surface area contributed by atoms with Gasteiger partial charge in [-0.05, 0) is 31.6 Å². The van der Waals surface area contributed by atoms with E-state index in [1.807, 2.05) is 4.90 Å². The fraction of sp³-hybridized carbons (Fsp3) is 0.688. The van der Waals surface area contributed by atoms with Gasteiger partial charge in [0.25, 0.3) is 5.91 Å². The summed E-state index contributed by atoms with van der Waals surface area (Å²) in [4.78, 5) is 32.2. The zero-order valence-electron chi connectivity index (χ0n) is 13.4. The van der Waals surface area contributed by atoms with Crippen molar-refractivity contribution in [2.75, 3.05) is 26.2 Å². The first-order chi connectivity index (χ1) is 11.0. The highest BCUT2D eigenvalue weighted by molar-refractivity contribution is 7.07. The molecule has 2 aliphatic rings. The van der Waals surface area contributed by atoms with Crippen molar-refractivity contribution in [3.05, 3.63) is 16.6 Å². The predicted octanol–water partition coefficient (Wildman–Crippen LogP) is 1.37. The molecule has 0 unspecified atom stereocenters. The molecule has 1 atom stereocenters. The molecule has 2 fully saturated rings. The summed E-state index contributed by atoms with van der Waals surface area (Å²) in [6.45, 7) is 4.25. The Morgan fingerprint density at radius 1 is 1.43 bits per heavy atom. The second kappa shape index (κ2) is 6.57. The van der Waals surface area contributed by atoms with Crippen molar-refractivity contribution in [2.24, 2.45) is 5.41 Å². The van der Waals surface area contributed by atoms with Gasteiger partial charge in [-0.25, -0.2) is 4.98 Å². The first kappa shape index (κ1) is 16.4. The minimum Gasteiger partial charge on any atom is -0.392 e. The van der Waals surface area contributed by atoms with Crippen molar-refractivity contribution in [1.29, 1.82) is 0 Å². The third kappa shape index (κ3) is 3.55. The average molecular weight is 337 g/mol. The third-order valence-electron chi connectivity index (χ3n) is 5.00. The van der Waals surface area contributed by atoms with Gasteiger partial charge in [0.2, 0.25) is 5.91 Å². The van der Waals surface area contributed by atoms with Gasteiger partial charge in [0.15, 0.2) is 0 Å². The number of carbonyl (C=O) groups excluding carboxylic acids is 2. The van der Waals surface area contributed by atoms with Crippen LogP contribution in [-0.4, -0.2) is 64.0 Å². The van der Waals surface area contributed by atoms with E-state index in [1.165, 1.54) is 11.3 Å². The number of β-amino-alcohol motifs (C(OH)–C–C–N with tert-alkyl or cyclic N) is 1. The second-order valence-corrected chi connectivity index (χ2v) is 7.51. The molecule has 1 aromatic heterocycles. The van der Waals surface area contributed by atoms with Crippen LogP contribution in [-0.2, 0) is 4.79 Å². The standard InChI is InChI=1S/C16H23N3O3S/c1-12(20)8-19-10-16(3-2-14(19)21)4-6-18(7-5-16)15(22)13-9-23-11-17-13/h9,11-12,20H,2-8,10H2,1H3/t12-/m0/s1. The Balaban J connectivity index is 1.61. The molecule has 1 spiro atoms. The molecule has 0 aliphatic carbocycles. The molecule has 7 heteroatoms. The maximum absolute atomic E-state index is 12.4. The molecule has 3 rings (SSSR count). The summed E-state index contributed by atoms with van der Waals surface area (Å²) in [6.07, 6.45) is 2.76. The van der Waals surface area contributed by atoms with Crippen molar-refractivity contribution >= 4 is 23.2 Å². The number of aliphatic hydroxyl groups is 1. The maximum Gasteiger partial charge on any atom is 0.273 e. The summed E-state index contributed by atoms with van der Waals surface area (Å²) in [6, 6.07) is 0. The Labute approximate surface area is 140 Å². The maximum atomic E-state index is 12.4. The zero-order chi connectivity index (χ0) is 16.4. The number of nitrogens with zero attached hydrogens (tertiary/aromatic N) is 3. The van der Waals surface area contributed by atoms with Crippen LogP contribution < -0.4 is 0 Å². The van der Waals surface area contributed by atoms with E-state index in [4.69, 9.17) is 0 Å². The van der Waals surface area contributed by atoms with Gasteiger partial charge in [0.05, 0.1) is 11.6 Å². The molecule has 2 aliphatic heterocycles. The number of carbonyl (C=O) groups is 2. The summed E-state index contributed by atoms with van der Waals surface area (Å²) in [5, 5.41) is 11.4. The van der Waals surface area contributed by atoms with E-state index in [2.05, 4.69) is 4.98 Å². The Morgan fingerprint density at radius 3 is 2.78 bits per heavy atom. The van der Waals surface area contributed by atoms with Crippen molar-refractivity contribution in [3.63, 3.8) is 0 Å². The van der Waals surface area contributed by atoms with Gasteiger partial charge in [0, 0.05) is 38.0 Å². The molecule has 0 saturated carbocycles. The van der Waals surface area contributed by atoms with Crippen molar-refractivity contribution in [1.82, 2.24) is 14.8 Å². The molecule has 3 heterocycles. The molecule has 23 heavy (non-hydrogen) atoms. The van der Waals surface area contributed by atoms with Gasteiger partial charge in [-0.1, -0.05) is 0 Å². The smallest absolute Gasteiger partial charge is 0.273 e. The van der Waals surface area contributed by atoms with Crippen LogP contribution in [0, 0.1) is 5.41 Å². The number of piperidine rings is 2. The number of aliphatic hydroxyl groups excluding tert-OH is 1. The highest BCUT2D eigenvalue weighted by Gasteiger charge is 2.42. The topological polar surface area (TPSA) is 73.7 Å². The minimum absolute atomic E-state index is 0.00817. The van der Waals surface area contributed by atoms with Crippen LogP contribution in [0.2, 0.25) is 0 Å². The first-order valence-corrected chi connectivity index (χ1v) is 9.07.